The van der Waals surface area contributed by atoms with E-state index in [9.17, 15) is 26.7 Å². The quantitative estimate of drug-likeness (QED) is 0.761. The van der Waals surface area contributed by atoms with Crippen LogP contribution in [0.3, 0.4) is 0 Å². The Balaban J connectivity index is 2.41. The number of alkyl halides is 5. The Labute approximate surface area is 93.7 Å². The molecule has 1 heterocycles. The molecular weight excluding hydrogens is 251 g/mol. The van der Waals surface area contributed by atoms with Gasteiger partial charge in [0.2, 0.25) is 0 Å². The van der Waals surface area contributed by atoms with E-state index in [1.54, 1.807) is 5.32 Å². The van der Waals surface area contributed by atoms with Gasteiger partial charge in [0.05, 0.1) is 6.54 Å². The van der Waals surface area contributed by atoms with Crippen LogP contribution in [0.1, 0.15) is 0 Å². The van der Waals surface area contributed by atoms with E-state index >= 15 is 0 Å². The number of halogens is 5. The first-order chi connectivity index (χ1) is 7.60. The number of alkyl carbamates (subject to hydrolysis) is 1. The summed E-state index contributed by atoms with van der Waals surface area (Å²) in [6.07, 6.45) is -6.17. The van der Waals surface area contributed by atoms with Gasteiger partial charge in [-0.15, -0.1) is 0 Å². The lowest BCUT2D eigenvalue weighted by atomic mass is 10.2. The van der Waals surface area contributed by atoms with Gasteiger partial charge in [-0.1, -0.05) is 0 Å². The molecule has 0 aromatic carbocycles. The number of amides is 1. The molecule has 17 heavy (non-hydrogen) atoms. The number of nitrogens with zero attached hydrogens (tertiary/aromatic N) is 1. The average molecular weight is 262 g/mol. The van der Waals surface area contributed by atoms with E-state index in [-0.39, 0.29) is 6.54 Å². The van der Waals surface area contributed by atoms with Crippen LogP contribution in [0.5, 0.6) is 0 Å². The van der Waals surface area contributed by atoms with Crippen molar-refractivity contribution in [3.63, 3.8) is 0 Å². The molecule has 1 aliphatic heterocycles. The van der Waals surface area contributed by atoms with E-state index in [0.717, 1.165) is 0 Å². The molecule has 0 aromatic heterocycles. The molecule has 1 aliphatic rings. The van der Waals surface area contributed by atoms with E-state index < -0.39 is 37.4 Å². The second-order valence-corrected chi connectivity index (χ2v) is 3.85. The molecule has 1 unspecified atom stereocenters. The first-order valence-corrected chi connectivity index (χ1v) is 4.66. The predicted octanol–water partition coefficient (Wildman–Crippen LogP) is 1.22. The summed E-state index contributed by atoms with van der Waals surface area (Å²) in [7, 11) is 1.41. The summed E-state index contributed by atoms with van der Waals surface area (Å²) >= 11 is 0. The zero-order chi connectivity index (χ0) is 13.3. The molecule has 1 amide bonds. The summed E-state index contributed by atoms with van der Waals surface area (Å²) in [6.45, 7) is -2.50. The highest BCUT2D eigenvalue weighted by Gasteiger charge is 2.48. The lowest BCUT2D eigenvalue weighted by Gasteiger charge is -2.19. The summed E-state index contributed by atoms with van der Waals surface area (Å²) in [5, 5.41) is 1.72. The fourth-order valence-electron chi connectivity index (χ4n) is 1.46. The predicted molar refractivity (Wildman–Crippen MR) is 46.8 cm³/mol. The van der Waals surface area contributed by atoms with Crippen LogP contribution in [-0.4, -0.2) is 55.9 Å². The molecule has 1 rings (SSSR count). The molecule has 1 atom stereocenters. The van der Waals surface area contributed by atoms with Gasteiger partial charge in [0.1, 0.15) is 6.04 Å². The number of ether oxygens (including phenoxy) is 1. The maximum atomic E-state index is 13.2. The summed E-state index contributed by atoms with van der Waals surface area (Å²) in [6, 6.07) is -1.53. The van der Waals surface area contributed by atoms with Gasteiger partial charge in [-0.3, -0.25) is 4.90 Å². The Bertz CT molecular complexity index is 294. The lowest BCUT2D eigenvalue weighted by Crippen LogP contribution is -2.47. The lowest BCUT2D eigenvalue weighted by molar-refractivity contribution is -0.160. The van der Waals surface area contributed by atoms with Crippen LogP contribution in [0, 0.1) is 0 Å². The Hall–Kier alpha value is -1.12. The molecular formula is C8H11F5N2O2. The number of likely N-dealkylation sites (N-methyl/N-ethyl adjacent to an activating group) is 1. The first-order valence-electron chi connectivity index (χ1n) is 4.66. The van der Waals surface area contributed by atoms with Crippen molar-refractivity contribution in [3.8, 4) is 0 Å². The molecule has 0 radical (unpaired) electrons. The minimum absolute atomic E-state index is 0.145. The molecule has 4 nitrogen and oxygen atoms in total. The highest BCUT2D eigenvalue weighted by Crippen LogP contribution is 2.26. The van der Waals surface area contributed by atoms with Gasteiger partial charge in [0, 0.05) is 6.54 Å². The van der Waals surface area contributed by atoms with Crippen molar-refractivity contribution in [1.29, 1.82) is 0 Å². The van der Waals surface area contributed by atoms with Crippen LogP contribution >= 0.6 is 0 Å². The average Bonchev–Trinajstić information content (AvgIpc) is 2.35. The van der Waals surface area contributed by atoms with Gasteiger partial charge in [-0.05, 0) is 7.05 Å². The summed E-state index contributed by atoms with van der Waals surface area (Å²) < 4.78 is 65.1. The highest BCUT2D eigenvalue weighted by molar-refractivity contribution is 5.67. The van der Waals surface area contributed by atoms with E-state index in [1.165, 1.54) is 11.9 Å². The molecule has 1 N–H and O–H groups in total. The Morgan fingerprint density at radius 3 is 2.53 bits per heavy atom. The number of hydrogen-bond donors (Lipinski definition) is 1. The number of nitrogens with one attached hydrogen (secondary N) is 1. The number of carbonyl (C=O) groups is 1. The molecule has 0 spiro atoms. The fourth-order valence-corrected chi connectivity index (χ4v) is 1.46. The zero-order valence-electron chi connectivity index (χ0n) is 8.85. The van der Waals surface area contributed by atoms with Crippen LogP contribution < -0.4 is 5.32 Å². The van der Waals surface area contributed by atoms with Gasteiger partial charge in [-0.25, -0.2) is 13.6 Å². The molecule has 0 saturated carbocycles. The molecule has 1 fully saturated rings. The van der Waals surface area contributed by atoms with Crippen LogP contribution in [0.25, 0.3) is 0 Å². The highest BCUT2D eigenvalue weighted by atomic mass is 19.4. The second kappa shape index (κ2) is 4.63. The Morgan fingerprint density at radius 2 is 2.12 bits per heavy atom. The number of carbonyl (C=O) groups excluding carboxylic acids is 1. The summed E-state index contributed by atoms with van der Waals surface area (Å²) in [5.41, 5.74) is 0. The van der Waals surface area contributed by atoms with Crippen LogP contribution in [0.4, 0.5) is 26.7 Å². The molecule has 0 aliphatic carbocycles. The smallest absolute Gasteiger partial charge is 0.422 e. The zero-order valence-corrected chi connectivity index (χ0v) is 8.85. The van der Waals surface area contributed by atoms with Crippen molar-refractivity contribution >= 4 is 6.09 Å². The third-order valence-corrected chi connectivity index (χ3v) is 2.14. The van der Waals surface area contributed by atoms with Crippen molar-refractivity contribution in [1.82, 2.24) is 10.2 Å². The van der Waals surface area contributed by atoms with Gasteiger partial charge in [-0.2, -0.15) is 13.2 Å². The molecule has 0 bridgehead atoms. The maximum absolute atomic E-state index is 13.2. The van der Waals surface area contributed by atoms with Crippen LogP contribution in [-0.2, 0) is 4.74 Å². The standard InChI is InChI=1S/C8H11F5N2O2/c1-15-2-5(7(9,10)3-15)14-6(16)17-4-8(11,12)13/h5H,2-4H2,1H3,(H,14,16). The van der Waals surface area contributed by atoms with Crippen molar-refractivity contribution in [2.45, 2.75) is 18.1 Å². The maximum Gasteiger partial charge on any atom is 0.422 e. The van der Waals surface area contributed by atoms with Gasteiger partial charge < -0.3 is 10.1 Å². The van der Waals surface area contributed by atoms with Crippen molar-refractivity contribution in [3.05, 3.63) is 0 Å². The molecule has 100 valence electrons. The number of hydrogen-bond acceptors (Lipinski definition) is 3. The fraction of sp³-hybridized carbons (Fsp3) is 0.875. The minimum Gasteiger partial charge on any atom is -0.440 e. The summed E-state index contributed by atoms with van der Waals surface area (Å²) in [4.78, 5) is 12.1. The third kappa shape index (κ3) is 4.33. The first kappa shape index (κ1) is 13.9. The SMILES string of the molecule is CN1CC(NC(=O)OCC(F)(F)F)C(F)(F)C1. The van der Waals surface area contributed by atoms with Gasteiger partial charge in [0.25, 0.3) is 5.92 Å². The van der Waals surface area contributed by atoms with Crippen molar-refractivity contribution in [2.75, 3.05) is 26.7 Å². The van der Waals surface area contributed by atoms with Gasteiger partial charge in [0.15, 0.2) is 6.61 Å². The van der Waals surface area contributed by atoms with E-state index in [0.29, 0.717) is 0 Å². The van der Waals surface area contributed by atoms with Crippen LogP contribution in [0.15, 0.2) is 0 Å². The minimum atomic E-state index is -4.67. The van der Waals surface area contributed by atoms with Crippen LogP contribution in [0.2, 0.25) is 0 Å². The van der Waals surface area contributed by atoms with E-state index in [1.807, 2.05) is 0 Å². The topological polar surface area (TPSA) is 41.6 Å². The molecule has 9 heteroatoms. The second-order valence-electron chi connectivity index (χ2n) is 3.85. The number of rotatable bonds is 2. The molecule has 1 saturated heterocycles. The Kier molecular flexibility index (Phi) is 3.80. The monoisotopic (exact) mass is 262 g/mol. The van der Waals surface area contributed by atoms with Gasteiger partial charge >= 0.3 is 12.3 Å². The van der Waals surface area contributed by atoms with Crippen molar-refractivity contribution in [2.24, 2.45) is 0 Å². The largest absolute Gasteiger partial charge is 0.440 e. The Morgan fingerprint density at radius 1 is 1.53 bits per heavy atom. The van der Waals surface area contributed by atoms with E-state index in [2.05, 4.69) is 4.74 Å². The summed E-state index contributed by atoms with van der Waals surface area (Å²) in [5.74, 6) is -3.17. The van der Waals surface area contributed by atoms with E-state index in [4.69, 9.17) is 0 Å². The van der Waals surface area contributed by atoms with Crippen molar-refractivity contribution < 1.29 is 31.5 Å². The normalized spacial score (nSPS) is 24.7. The molecule has 0 aromatic rings. The number of likely N-dealkylation sites (tertiary alicyclic amines) is 1. The third-order valence-electron chi connectivity index (χ3n) is 2.14.